The molecule has 4 N–H and O–H groups in total. The predicted molar refractivity (Wildman–Crippen MR) is 145 cm³/mol. The number of carbonyl (C=O) groups excluding carboxylic acids is 1. The van der Waals surface area contributed by atoms with Crippen LogP contribution in [0.5, 0.6) is 0 Å². The van der Waals surface area contributed by atoms with Gasteiger partial charge in [0.2, 0.25) is 5.91 Å². The van der Waals surface area contributed by atoms with Crippen LogP contribution in [0.3, 0.4) is 0 Å². The van der Waals surface area contributed by atoms with Gasteiger partial charge in [0.15, 0.2) is 6.29 Å². The molecule has 1 fully saturated rings. The molecule has 5 atom stereocenters. The van der Waals surface area contributed by atoms with E-state index in [9.17, 15) is 9.90 Å². The highest BCUT2D eigenvalue weighted by Gasteiger charge is 2.47. The van der Waals surface area contributed by atoms with Gasteiger partial charge in [0.1, 0.15) is 24.4 Å². The van der Waals surface area contributed by atoms with Crippen molar-refractivity contribution in [1.29, 1.82) is 0 Å². The number of methoxy groups -OCH3 is 1. The largest absolute Gasteiger partial charge is 0.388 e. The average Bonchev–Trinajstić information content (AvgIpc) is 2.94. The lowest BCUT2D eigenvalue weighted by Crippen LogP contribution is -2.65. The second-order valence-corrected chi connectivity index (χ2v) is 9.52. The quantitative estimate of drug-likeness (QED) is 0.316. The summed E-state index contributed by atoms with van der Waals surface area (Å²) in [4.78, 5) is 12.5. The molecule has 204 valence electrons. The topological polar surface area (TPSA) is 112 Å². The van der Waals surface area contributed by atoms with Crippen molar-refractivity contribution < 1.29 is 28.8 Å². The maximum absolute atomic E-state index is 12.5. The molecule has 1 unspecified atom stereocenters. The number of carbonyl (C=O) groups is 1. The van der Waals surface area contributed by atoms with E-state index in [2.05, 4.69) is 29.6 Å². The molecule has 0 bridgehead atoms. The van der Waals surface area contributed by atoms with Gasteiger partial charge in [-0.2, -0.15) is 0 Å². The van der Waals surface area contributed by atoms with Gasteiger partial charge >= 0.3 is 0 Å². The molecule has 1 saturated heterocycles. The molecule has 8 heteroatoms. The van der Waals surface area contributed by atoms with Crippen molar-refractivity contribution >= 4 is 16.7 Å². The van der Waals surface area contributed by atoms with Crippen molar-refractivity contribution in [3.63, 3.8) is 0 Å². The normalized spacial score (nSPS) is 23.4. The standard InChI is InChI=1S/C30H38N2O6/c1-35-29-27(32-26(33)12-7-16-31)30(37-17-15-21-8-3-2-4-9-21)38-25(28(29)34)20-36-19-22-13-14-23-10-5-6-11-24(23)18-22/h2-6,8-11,13-14,18,25,27-30,34H,7,12,15-17,19-20,31H2,1H3,(H,32,33)/t25-,27-,28-,29-,30?/m1/s1. The highest BCUT2D eigenvalue weighted by atomic mass is 16.7. The molecule has 1 amide bonds. The number of hydrogen-bond acceptors (Lipinski definition) is 7. The van der Waals surface area contributed by atoms with E-state index in [1.807, 2.05) is 48.5 Å². The minimum atomic E-state index is -1.02. The van der Waals surface area contributed by atoms with Gasteiger partial charge in [-0.15, -0.1) is 0 Å². The number of aliphatic hydroxyl groups is 1. The van der Waals surface area contributed by atoms with E-state index in [1.54, 1.807) is 0 Å². The molecule has 0 radical (unpaired) electrons. The highest BCUT2D eigenvalue weighted by molar-refractivity contribution is 5.82. The van der Waals surface area contributed by atoms with Gasteiger partial charge in [0.25, 0.3) is 0 Å². The number of nitrogens with one attached hydrogen (secondary N) is 1. The second-order valence-electron chi connectivity index (χ2n) is 9.52. The lowest BCUT2D eigenvalue weighted by molar-refractivity contribution is -0.276. The van der Waals surface area contributed by atoms with Gasteiger partial charge in [-0.05, 0) is 47.4 Å². The Bertz CT molecular complexity index is 1140. The van der Waals surface area contributed by atoms with Gasteiger partial charge in [-0.25, -0.2) is 0 Å². The molecule has 0 spiro atoms. The van der Waals surface area contributed by atoms with Crippen molar-refractivity contribution in [2.45, 2.75) is 56.5 Å². The van der Waals surface area contributed by atoms with E-state index in [0.717, 1.165) is 16.5 Å². The van der Waals surface area contributed by atoms with Crippen LogP contribution in [0.2, 0.25) is 0 Å². The number of aliphatic hydroxyl groups excluding tert-OH is 1. The van der Waals surface area contributed by atoms with E-state index in [-0.39, 0.29) is 18.9 Å². The predicted octanol–water partition coefficient (Wildman–Crippen LogP) is 2.94. The molecule has 3 aromatic rings. The maximum atomic E-state index is 12.5. The van der Waals surface area contributed by atoms with Crippen LogP contribution in [0, 0.1) is 0 Å². The molecule has 4 rings (SSSR count). The lowest BCUT2D eigenvalue weighted by atomic mass is 9.96. The van der Waals surface area contributed by atoms with E-state index in [4.69, 9.17) is 24.7 Å². The molecule has 0 aliphatic carbocycles. The molecule has 0 saturated carbocycles. The molecule has 1 aliphatic heterocycles. The number of amides is 1. The molecular weight excluding hydrogens is 484 g/mol. The Labute approximate surface area is 224 Å². The fraction of sp³-hybridized carbons (Fsp3) is 0.433. The minimum absolute atomic E-state index is 0.139. The molecule has 3 aromatic carbocycles. The Hall–Kier alpha value is -2.85. The monoisotopic (exact) mass is 522 g/mol. The van der Waals surface area contributed by atoms with Crippen LogP contribution in [0.1, 0.15) is 24.0 Å². The minimum Gasteiger partial charge on any atom is -0.388 e. The lowest BCUT2D eigenvalue weighted by Gasteiger charge is -2.44. The third kappa shape index (κ3) is 7.60. The molecule has 0 aromatic heterocycles. The number of benzene rings is 3. The summed E-state index contributed by atoms with van der Waals surface area (Å²) in [6, 6.07) is 23.6. The van der Waals surface area contributed by atoms with Crippen molar-refractivity contribution in [2.75, 3.05) is 26.9 Å². The maximum Gasteiger partial charge on any atom is 0.220 e. The van der Waals surface area contributed by atoms with Crippen molar-refractivity contribution in [2.24, 2.45) is 5.73 Å². The van der Waals surface area contributed by atoms with E-state index in [1.165, 1.54) is 12.5 Å². The molecule has 1 aliphatic rings. The van der Waals surface area contributed by atoms with Crippen LogP contribution < -0.4 is 11.1 Å². The van der Waals surface area contributed by atoms with Crippen LogP contribution in [0.15, 0.2) is 72.8 Å². The first kappa shape index (κ1) is 28.2. The number of fused-ring (bicyclic) bond motifs is 1. The fourth-order valence-corrected chi connectivity index (χ4v) is 4.71. The highest BCUT2D eigenvalue weighted by Crippen LogP contribution is 2.26. The summed E-state index contributed by atoms with van der Waals surface area (Å²) in [7, 11) is 1.51. The molecule has 1 heterocycles. The number of ether oxygens (including phenoxy) is 4. The Morgan fingerprint density at radius 1 is 1.03 bits per heavy atom. The van der Waals surface area contributed by atoms with Crippen molar-refractivity contribution in [3.8, 4) is 0 Å². The van der Waals surface area contributed by atoms with Gasteiger partial charge in [0.05, 0.1) is 19.8 Å². The summed E-state index contributed by atoms with van der Waals surface area (Å²) in [6.07, 6.45) is -1.76. The van der Waals surface area contributed by atoms with Gasteiger partial charge in [-0.1, -0.05) is 66.7 Å². The Morgan fingerprint density at radius 3 is 2.55 bits per heavy atom. The van der Waals surface area contributed by atoms with Gasteiger partial charge in [0, 0.05) is 13.5 Å². The number of nitrogens with two attached hydrogens (primary N) is 1. The third-order valence-electron chi connectivity index (χ3n) is 6.76. The van der Waals surface area contributed by atoms with Crippen LogP contribution in [-0.2, 0) is 36.8 Å². The zero-order valence-electron chi connectivity index (χ0n) is 21.8. The summed E-state index contributed by atoms with van der Waals surface area (Å²) in [5.74, 6) is -0.194. The SMILES string of the molecule is CO[C@H]1[C@H](O)[C@@H](COCc2ccc3ccccc3c2)OC(OCCc2ccccc2)[C@@H]1NC(=O)CCCN. The van der Waals surface area contributed by atoms with Crippen LogP contribution in [0.25, 0.3) is 10.8 Å². The van der Waals surface area contributed by atoms with E-state index in [0.29, 0.717) is 32.6 Å². The summed E-state index contributed by atoms with van der Waals surface area (Å²) >= 11 is 0. The first-order valence-corrected chi connectivity index (χ1v) is 13.2. The summed E-state index contributed by atoms with van der Waals surface area (Å²) in [5.41, 5.74) is 7.72. The van der Waals surface area contributed by atoms with Crippen LogP contribution >= 0.6 is 0 Å². The van der Waals surface area contributed by atoms with E-state index < -0.39 is 30.6 Å². The van der Waals surface area contributed by atoms with Gasteiger partial charge in [-0.3, -0.25) is 4.79 Å². The first-order valence-electron chi connectivity index (χ1n) is 13.2. The summed E-state index contributed by atoms with van der Waals surface area (Å²) in [5, 5.41) is 16.3. The fourth-order valence-electron chi connectivity index (χ4n) is 4.71. The molecular formula is C30H38N2O6. The zero-order chi connectivity index (χ0) is 26.7. The Morgan fingerprint density at radius 2 is 1.79 bits per heavy atom. The average molecular weight is 523 g/mol. The zero-order valence-corrected chi connectivity index (χ0v) is 21.8. The van der Waals surface area contributed by atoms with Crippen LogP contribution in [-0.4, -0.2) is 68.5 Å². The van der Waals surface area contributed by atoms with Crippen molar-refractivity contribution in [1.82, 2.24) is 5.32 Å². The van der Waals surface area contributed by atoms with Crippen LogP contribution in [0.4, 0.5) is 0 Å². The smallest absolute Gasteiger partial charge is 0.220 e. The number of hydrogen-bond donors (Lipinski definition) is 3. The molecule has 38 heavy (non-hydrogen) atoms. The van der Waals surface area contributed by atoms with E-state index >= 15 is 0 Å². The van der Waals surface area contributed by atoms with Gasteiger partial charge < -0.3 is 35.1 Å². The number of rotatable bonds is 13. The second kappa shape index (κ2) is 14.3. The third-order valence-corrected chi connectivity index (χ3v) is 6.76. The summed E-state index contributed by atoms with van der Waals surface area (Å²) < 4.78 is 23.9. The first-order chi connectivity index (χ1) is 18.6. The van der Waals surface area contributed by atoms with Crippen molar-refractivity contribution in [3.05, 3.63) is 83.9 Å². The Kier molecular flexibility index (Phi) is 10.6. The molecule has 8 nitrogen and oxygen atoms in total. The Balaban J connectivity index is 1.40. The summed E-state index contributed by atoms with van der Waals surface area (Å²) in [6.45, 7) is 1.30.